The lowest BCUT2D eigenvalue weighted by atomic mass is 10.2. The predicted octanol–water partition coefficient (Wildman–Crippen LogP) is 1.65. The predicted molar refractivity (Wildman–Crippen MR) is 141 cm³/mol. The maximum absolute atomic E-state index is 13.2. The molecule has 0 unspecified atom stereocenters. The van der Waals surface area contributed by atoms with Crippen molar-refractivity contribution >= 4 is 41.2 Å². The molecule has 0 aliphatic rings. The second kappa shape index (κ2) is 12.7. The van der Waals surface area contributed by atoms with E-state index in [0.717, 1.165) is 15.0 Å². The summed E-state index contributed by atoms with van der Waals surface area (Å²) in [5.74, 6) is -2.40. The minimum Gasteiger partial charge on any atom is -0.480 e. The van der Waals surface area contributed by atoms with Crippen molar-refractivity contribution in [3.8, 4) is 0 Å². The van der Waals surface area contributed by atoms with E-state index in [4.69, 9.17) is 9.47 Å². The maximum atomic E-state index is 13.2. The van der Waals surface area contributed by atoms with Crippen molar-refractivity contribution in [2.75, 3.05) is 32.0 Å². The summed E-state index contributed by atoms with van der Waals surface area (Å²) in [6.07, 6.45) is -0.361. The Labute approximate surface area is 228 Å². The van der Waals surface area contributed by atoms with Crippen LogP contribution in [0.5, 0.6) is 0 Å². The quantitative estimate of drug-likeness (QED) is 0.330. The highest BCUT2D eigenvalue weighted by molar-refractivity contribution is 5.85. The highest BCUT2D eigenvalue weighted by Gasteiger charge is 2.24. The van der Waals surface area contributed by atoms with Gasteiger partial charge in [0.2, 0.25) is 11.9 Å². The number of imidazole rings is 1. The molecular weight excluding hydrogens is 526 g/mol. The molecule has 0 fully saturated rings. The third-order valence-corrected chi connectivity index (χ3v) is 5.36. The molecule has 2 heterocycles. The topological polar surface area (TPSA) is 189 Å². The van der Waals surface area contributed by atoms with Crippen molar-refractivity contribution in [1.82, 2.24) is 29.3 Å². The average Bonchev–Trinajstić information content (AvgIpc) is 3.35. The first-order valence-electron chi connectivity index (χ1n) is 12.2. The van der Waals surface area contributed by atoms with Gasteiger partial charge in [0.15, 0.2) is 11.2 Å². The van der Waals surface area contributed by atoms with Crippen molar-refractivity contribution in [3.05, 3.63) is 52.6 Å². The zero-order chi connectivity index (χ0) is 29.4. The van der Waals surface area contributed by atoms with Crippen molar-refractivity contribution in [3.63, 3.8) is 0 Å². The Hall–Kier alpha value is -4.95. The number of carbonyl (C=O) groups is 4. The summed E-state index contributed by atoms with van der Waals surface area (Å²) in [6, 6.07) is 8.88. The van der Waals surface area contributed by atoms with Crippen molar-refractivity contribution in [1.29, 1.82) is 0 Å². The lowest BCUT2D eigenvalue weighted by Gasteiger charge is -2.27. The number of aromatic amines is 1. The second-order valence-corrected chi connectivity index (χ2v) is 9.73. The third kappa shape index (κ3) is 8.28. The second-order valence-electron chi connectivity index (χ2n) is 9.73. The van der Waals surface area contributed by atoms with Gasteiger partial charge in [0.25, 0.3) is 5.56 Å². The number of nitrogens with zero attached hydrogens (tertiary/aromatic N) is 5. The molecule has 0 saturated carbocycles. The van der Waals surface area contributed by atoms with Gasteiger partial charge < -0.3 is 29.4 Å². The van der Waals surface area contributed by atoms with Crippen LogP contribution in [0.2, 0.25) is 0 Å². The van der Waals surface area contributed by atoms with E-state index in [1.165, 1.54) is 18.3 Å². The number of H-pyrrole nitrogens is 1. The van der Waals surface area contributed by atoms with Gasteiger partial charge in [-0.15, -0.1) is 0 Å². The number of anilines is 1. The SMILES string of the molecule is CN(CCN(CC(=O)O)C(=O)Cn1c(NC(=O)OCc2ccccc2)nc2nc[nH]c2c1=O)C(=O)OC(C)(C)C. The van der Waals surface area contributed by atoms with Crippen LogP contribution in [0, 0.1) is 0 Å². The third-order valence-electron chi connectivity index (χ3n) is 5.36. The number of rotatable bonds is 10. The molecule has 0 bridgehead atoms. The van der Waals surface area contributed by atoms with E-state index >= 15 is 0 Å². The molecule has 3 amide bonds. The van der Waals surface area contributed by atoms with Crippen LogP contribution in [-0.2, 0) is 32.2 Å². The molecule has 0 atom stereocenters. The average molecular weight is 558 g/mol. The number of aromatic nitrogens is 4. The molecule has 0 saturated heterocycles. The van der Waals surface area contributed by atoms with E-state index in [1.54, 1.807) is 45.0 Å². The number of carboxylic acids is 1. The van der Waals surface area contributed by atoms with E-state index in [2.05, 4.69) is 20.3 Å². The highest BCUT2D eigenvalue weighted by atomic mass is 16.6. The molecule has 15 nitrogen and oxygen atoms in total. The largest absolute Gasteiger partial charge is 0.480 e. The van der Waals surface area contributed by atoms with Crippen LogP contribution in [0.1, 0.15) is 26.3 Å². The molecule has 214 valence electrons. The lowest BCUT2D eigenvalue weighted by molar-refractivity contribution is -0.144. The first-order valence-corrected chi connectivity index (χ1v) is 12.2. The first-order chi connectivity index (χ1) is 18.8. The first kappa shape index (κ1) is 29.6. The molecular formula is C25H31N7O8. The Morgan fingerprint density at radius 2 is 1.82 bits per heavy atom. The van der Waals surface area contributed by atoms with Gasteiger partial charge in [-0.05, 0) is 26.3 Å². The summed E-state index contributed by atoms with van der Waals surface area (Å²) < 4.78 is 11.3. The van der Waals surface area contributed by atoms with Crippen LogP contribution in [0.4, 0.5) is 15.5 Å². The smallest absolute Gasteiger partial charge is 0.414 e. The number of aliphatic carboxylic acids is 1. The normalized spacial score (nSPS) is 11.1. The number of ether oxygens (including phenoxy) is 2. The molecule has 3 rings (SSSR count). The van der Waals surface area contributed by atoms with Crippen LogP contribution in [0.3, 0.4) is 0 Å². The summed E-state index contributed by atoms with van der Waals surface area (Å²) >= 11 is 0. The maximum Gasteiger partial charge on any atom is 0.414 e. The standard InChI is InChI=1S/C25H31N7O8/c1-25(2,3)40-24(38)30(4)10-11-31(13-18(34)35)17(33)12-32-21(36)19-20(27-15-26-19)28-22(32)29-23(37)39-14-16-8-6-5-7-9-16/h5-9,15H,10-14H2,1-4H3,(H,26,27)(H,34,35)(H,28,29,37). The lowest BCUT2D eigenvalue weighted by Crippen LogP contribution is -2.45. The molecule has 3 N–H and O–H groups in total. The molecule has 15 heteroatoms. The number of carbonyl (C=O) groups excluding carboxylic acids is 3. The van der Waals surface area contributed by atoms with E-state index in [9.17, 15) is 29.1 Å². The molecule has 0 radical (unpaired) electrons. The monoisotopic (exact) mass is 557 g/mol. The Morgan fingerprint density at radius 3 is 2.48 bits per heavy atom. The Kier molecular flexibility index (Phi) is 9.42. The van der Waals surface area contributed by atoms with Crippen LogP contribution in [-0.4, -0.2) is 90.8 Å². The van der Waals surface area contributed by atoms with Gasteiger partial charge in [-0.3, -0.25) is 24.3 Å². The summed E-state index contributed by atoms with van der Waals surface area (Å²) in [5.41, 5.74) is -0.775. The zero-order valence-corrected chi connectivity index (χ0v) is 22.5. The summed E-state index contributed by atoms with van der Waals surface area (Å²) in [5, 5.41) is 11.7. The fourth-order valence-electron chi connectivity index (χ4n) is 3.41. The van der Waals surface area contributed by atoms with Crippen LogP contribution in [0.15, 0.2) is 41.5 Å². The van der Waals surface area contributed by atoms with Gasteiger partial charge in [-0.25, -0.2) is 14.6 Å². The summed E-state index contributed by atoms with van der Waals surface area (Å²) in [7, 11) is 1.45. The molecule has 40 heavy (non-hydrogen) atoms. The summed E-state index contributed by atoms with van der Waals surface area (Å²) in [4.78, 5) is 75.4. The number of hydrogen-bond acceptors (Lipinski definition) is 9. The minimum atomic E-state index is -1.30. The fraction of sp³-hybridized carbons (Fsp3) is 0.400. The van der Waals surface area contributed by atoms with Gasteiger partial charge in [0.1, 0.15) is 25.3 Å². The Balaban J connectivity index is 1.78. The molecule has 1 aromatic carbocycles. The van der Waals surface area contributed by atoms with E-state index in [1.807, 2.05) is 6.07 Å². The molecule has 0 spiro atoms. The van der Waals surface area contributed by atoms with Crippen LogP contribution in [0.25, 0.3) is 11.2 Å². The van der Waals surface area contributed by atoms with E-state index < -0.39 is 48.3 Å². The molecule has 0 aliphatic heterocycles. The molecule has 0 aliphatic carbocycles. The number of fused-ring (bicyclic) bond motifs is 1. The Morgan fingerprint density at radius 1 is 1.12 bits per heavy atom. The number of nitrogens with one attached hydrogen (secondary N) is 2. The number of benzene rings is 1. The highest BCUT2D eigenvalue weighted by Crippen LogP contribution is 2.11. The van der Waals surface area contributed by atoms with Crippen molar-refractivity contribution < 1.29 is 33.8 Å². The minimum absolute atomic E-state index is 0.00608. The zero-order valence-electron chi connectivity index (χ0n) is 22.5. The van der Waals surface area contributed by atoms with Gasteiger partial charge >= 0.3 is 18.2 Å². The number of amides is 3. The number of likely N-dealkylation sites (N-methyl/N-ethyl adjacent to an activating group) is 1. The van der Waals surface area contributed by atoms with Gasteiger partial charge in [-0.2, -0.15) is 4.98 Å². The molecule has 2 aromatic heterocycles. The van der Waals surface area contributed by atoms with Crippen molar-refractivity contribution in [2.24, 2.45) is 0 Å². The van der Waals surface area contributed by atoms with Gasteiger partial charge in [-0.1, -0.05) is 30.3 Å². The Bertz CT molecular complexity index is 1430. The van der Waals surface area contributed by atoms with Crippen molar-refractivity contribution in [2.45, 2.75) is 39.5 Å². The number of hydrogen-bond donors (Lipinski definition) is 3. The van der Waals surface area contributed by atoms with Crippen LogP contribution >= 0.6 is 0 Å². The molecule has 3 aromatic rings. The summed E-state index contributed by atoms with van der Waals surface area (Å²) in [6.45, 7) is 3.46. The van der Waals surface area contributed by atoms with Crippen LogP contribution < -0.4 is 10.9 Å². The number of carboxylic acid groups (broad SMARTS) is 1. The fourth-order valence-corrected chi connectivity index (χ4v) is 3.41. The van der Waals surface area contributed by atoms with E-state index in [0.29, 0.717) is 0 Å². The van der Waals surface area contributed by atoms with Gasteiger partial charge in [0.05, 0.1) is 6.33 Å². The van der Waals surface area contributed by atoms with Gasteiger partial charge in [0, 0.05) is 20.1 Å². The van der Waals surface area contributed by atoms with E-state index in [-0.39, 0.29) is 36.8 Å².